The van der Waals surface area contributed by atoms with Crippen LogP contribution in [-0.4, -0.2) is 9.13 Å². The molecule has 13 aromatic rings. The van der Waals surface area contributed by atoms with E-state index in [2.05, 4.69) is 286 Å². The van der Waals surface area contributed by atoms with Gasteiger partial charge in [0.25, 0.3) is 0 Å². The molecule has 2 aliphatic carbocycles. The maximum atomic E-state index is 2.55. The van der Waals surface area contributed by atoms with E-state index in [1.807, 2.05) is 11.8 Å². The quantitative estimate of drug-likeness (QED) is 0.151. The van der Waals surface area contributed by atoms with Crippen LogP contribution in [0.25, 0.3) is 55.2 Å². The smallest absolute Gasteiger partial charge is 0.0736 e. The fraction of sp³-hybridized carbons (Fsp3) is 0.0685. The van der Waals surface area contributed by atoms with Crippen LogP contribution in [0.5, 0.6) is 0 Å². The summed E-state index contributed by atoms with van der Waals surface area (Å²) < 4.78 is 4.97. The van der Waals surface area contributed by atoms with Crippen LogP contribution in [0, 0.1) is 0 Å². The molecule has 1 aliphatic heterocycles. The SMILES string of the molecule is c1ccc(N(c2ccc3c(c2)C2(c4ccccc4Sc4ccccc42)c2cc(N(c4ccccc4)c4ccc5c6ccccc6n(-c6ccccc6)c5c4)ccc2-3)c2ccc3c4c(n(-c5ccccc5)c3c2)CCCC4)cc1. The Morgan fingerprint density at radius 1 is 0.321 bits per heavy atom. The van der Waals surface area contributed by atoms with E-state index in [-0.39, 0.29) is 0 Å². The molecular formula is C73H52N4S. The fourth-order valence-electron chi connectivity index (χ4n) is 13.7. The van der Waals surface area contributed by atoms with E-state index in [9.17, 15) is 0 Å². The standard InChI is InChI=1S/C73H52N4S/c1-5-21-49(22-6-1)74(55-39-43-61-59-29-13-17-33-67(59)76(69(61)47-55)51-25-9-3-10-26-51)53-37-41-57-58-42-38-54(46-66(58)73(65(57)45-53)63-31-15-19-35-71(63)78-72-36-20-16-32-64(72)73)75(50-23-7-2-8-24-50)56-40-44-62-60-30-14-18-34-68(60)77(70(62)48-56)52-27-11-4-12-28-52/h1-13,15-17,19-29,31-33,35-48H,14,18,30,34H2. The second kappa shape index (κ2) is 17.9. The molecule has 16 rings (SSSR count). The third-order valence-corrected chi connectivity index (χ3v) is 18.1. The molecule has 0 unspecified atom stereocenters. The van der Waals surface area contributed by atoms with Crippen LogP contribution < -0.4 is 9.80 Å². The number of hydrogen-bond acceptors (Lipinski definition) is 3. The van der Waals surface area contributed by atoms with Gasteiger partial charge in [0, 0.05) is 77.1 Å². The molecule has 3 heterocycles. The first kappa shape index (κ1) is 45.0. The summed E-state index contributed by atoms with van der Waals surface area (Å²) in [6.45, 7) is 0. The molecule has 78 heavy (non-hydrogen) atoms. The Balaban J connectivity index is 0.926. The zero-order valence-corrected chi connectivity index (χ0v) is 43.7. The van der Waals surface area contributed by atoms with Crippen molar-refractivity contribution in [2.45, 2.75) is 40.9 Å². The minimum Gasteiger partial charge on any atom is -0.313 e. The van der Waals surface area contributed by atoms with E-state index in [1.54, 1.807) is 0 Å². The molecule has 11 aromatic carbocycles. The summed E-state index contributed by atoms with van der Waals surface area (Å²) in [5.74, 6) is 0. The number of benzene rings is 11. The van der Waals surface area contributed by atoms with Crippen molar-refractivity contribution >= 4 is 78.6 Å². The van der Waals surface area contributed by atoms with Crippen LogP contribution in [-0.2, 0) is 18.3 Å². The molecule has 5 heteroatoms. The maximum Gasteiger partial charge on any atom is 0.0736 e. The minimum absolute atomic E-state index is 0.644. The number of fused-ring (bicyclic) bond motifs is 15. The van der Waals surface area contributed by atoms with Crippen LogP contribution >= 0.6 is 11.8 Å². The third kappa shape index (κ3) is 6.74. The highest BCUT2D eigenvalue weighted by Gasteiger charge is 2.51. The van der Waals surface area contributed by atoms with Crippen molar-refractivity contribution in [3.05, 3.63) is 300 Å². The number of rotatable bonds is 8. The molecule has 0 fully saturated rings. The molecule has 3 aliphatic rings. The van der Waals surface area contributed by atoms with Crippen molar-refractivity contribution in [1.29, 1.82) is 0 Å². The lowest BCUT2D eigenvalue weighted by atomic mass is 9.67. The fourth-order valence-corrected chi connectivity index (χ4v) is 14.9. The van der Waals surface area contributed by atoms with Crippen LogP contribution in [0.1, 0.15) is 46.4 Å². The topological polar surface area (TPSA) is 16.3 Å². The first-order valence-corrected chi connectivity index (χ1v) is 28.2. The molecule has 0 radical (unpaired) electrons. The molecule has 4 nitrogen and oxygen atoms in total. The van der Waals surface area contributed by atoms with E-state index in [4.69, 9.17) is 0 Å². The Bertz CT molecular complexity index is 4440. The molecule has 0 saturated carbocycles. The van der Waals surface area contributed by atoms with Gasteiger partial charge in [-0.1, -0.05) is 163 Å². The van der Waals surface area contributed by atoms with E-state index < -0.39 is 5.41 Å². The van der Waals surface area contributed by atoms with Gasteiger partial charge in [-0.2, -0.15) is 0 Å². The first-order valence-electron chi connectivity index (χ1n) is 27.4. The predicted molar refractivity (Wildman–Crippen MR) is 325 cm³/mol. The van der Waals surface area contributed by atoms with Gasteiger partial charge in [0.2, 0.25) is 0 Å². The lowest BCUT2D eigenvalue weighted by Crippen LogP contribution is -2.32. The Labute approximate surface area is 458 Å². The number of anilines is 6. The predicted octanol–water partition coefficient (Wildman–Crippen LogP) is 19.4. The van der Waals surface area contributed by atoms with Gasteiger partial charge in [0.1, 0.15) is 0 Å². The largest absolute Gasteiger partial charge is 0.313 e. The van der Waals surface area contributed by atoms with Crippen LogP contribution in [0.3, 0.4) is 0 Å². The summed E-state index contributed by atoms with van der Waals surface area (Å²) >= 11 is 1.89. The van der Waals surface area contributed by atoms with Crippen LogP contribution in [0.2, 0.25) is 0 Å². The summed E-state index contributed by atoms with van der Waals surface area (Å²) in [5.41, 5.74) is 22.7. The normalized spacial score (nSPS) is 13.7. The summed E-state index contributed by atoms with van der Waals surface area (Å²) in [6, 6.07) is 99.6. The molecule has 0 amide bonds. The van der Waals surface area contributed by atoms with Gasteiger partial charge in [0.05, 0.1) is 22.0 Å². The number of aryl methyl sites for hydroxylation is 1. The van der Waals surface area contributed by atoms with E-state index in [0.29, 0.717) is 0 Å². The lowest BCUT2D eigenvalue weighted by molar-refractivity contribution is 0.667. The Morgan fingerprint density at radius 2 is 0.756 bits per heavy atom. The molecule has 1 spiro atoms. The number of hydrogen-bond donors (Lipinski definition) is 0. The van der Waals surface area contributed by atoms with Gasteiger partial charge < -0.3 is 18.9 Å². The van der Waals surface area contributed by atoms with Gasteiger partial charge >= 0.3 is 0 Å². The zero-order valence-electron chi connectivity index (χ0n) is 42.9. The Hall–Kier alpha value is -9.29. The molecule has 0 saturated heterocycles. The van der Waals surface area contributed by atoms with Crippen molar-refractivity contribution in [2.75, 3.05) is 9.80 Å². The highest BCUT2D eigenvalue weighted by atomic mass is 32.2. The van der Waals surface area contributed by atoms with Crippen LogP contribution in [0.4, 0.5) is 34.1 Å². The van der Waals surface area contributed by atoms with Gasteiger partial charge in [-0.25, -0.2) is 0 Å². The van der Waals surface area contributed by atoms with Crippen molar-refractivity contribution in [1.82, 2.24) is 9.13 Å². The molecular weight excluding hydrogens is 965 g/mol. The Morgan fingerprint density at radius 3 is 1.35 bits per heavy atom. The van der Waals surface area contributed by atoms with Gasteiger partial charge in [-0.3, -0.25) is 0 Å². The van der Waals surface area contributed by atoms with Gasteiger partial charge in [-0.15, -0.1) is 0 Å². The average molecular weight is 1020 g/mol. The Kier molecular flexibility index (Phi) is 10.3. The van der Waals surface area contributed by atoms with Crippen LogP contribution in [0.15, 0.2) is 277 Å². The molecule has 0 N–H and O–H groups in total. The van der Waals surface area contributed by atoms with E-state index in [0.717, 1.165) is 52.7 Å². The molecule has 0 atom stereocenters. The van der Waals surface area contributed by atoms with Gasteiger partial charge in [-0.05, 0) is 180 Å². The number of nitrogens with zero attached hydrogens (tertiary/aromatic N) is 4. The summed E-state index contributed by atoms with van der Waals surface area (Å²) in [7, 11) is 0. The van der Waals surface area contributed by atoms with Crippen molar-refractivity contribution in [3.8, 4) is 22.5 Å². The number of para-hydroxylation sites is 5. The lowest BCUT2D eigenvalue weighted by Gasteiger charge is -2.40. The van der Waals surface area contributed by atoms with Crippen molar-refractivity contribution in [3.63, 3.8) is 0 Å². The first-order chi connectivity index (χ1) is 38.7. The van der Waals surface area contributed by atoms with E-state index >= 15 is 0 Å². The molecule has 370 valence electrons. The summed E-state index contributed by atoms with van der Waals surface area (Å²) in [6.07, 6.45) is 4.64. The maximum absolute atomic E-state index is 2.55. The monoisotopic (exact) mass is 1020 g/mol. The van der Waals surface area contributed by atoms with Crippen molar-refractivity contribution < 1.29 is 0 Å². The zero-order chi connectivity index (χ0) is 51.3. The number of aromatic nitrogens is 2. The van der Waals surface area contributed by atoms with Gasteiger partial charge in [0.15, 0.2) is 0 Å². The third-order valence-electron chi connectivity index (χ3n) is 16.9. The van der Waals surface area contributed by atoms with Crippen molar-refractivity contribution in [2.24, 2.45) is 0 Å². The molecule has 0 bridgehead atoms. The molecule has 2 aromatic heterocycles. The summed E-state index contributed by atoms with van der Waals surface area (Å²) in [5, 5.41) is 3.83. The second-order valence-electron chi connectivity index (χ2n) is 21.0. The highest BCUT2D eigenvalue weighted by Crippen LogP contribution is 2.63. The summed E-state index contributed by atoms with van der Waals surface area (Å²) in [4.78, 5) is 7.50. The minimum atomic E-state index is -0.644. The van der Waals surface area contributed by atoms with E-state index in [1.165, 1.54) is 106 Å². The second-order valence-corrected chi connectivity index (χ2v) is 22.1. The average Bonchev–Trinajstić information content (AvgIpc) is 3.62. The highest BCUT2D eigenvalue weighted by molar-refractivity contribution is 7.99.